The number of allylic oxidation sites excluding steroid dienone is 2. The molecule has 1 aliphatic heterocycles. The molecule has 4 amide bonds. The van der Waals surface area contributed by atoms with Crippen molar-refractivity contribution in [3.63, 3.8) is 0 Å². The molecule has 6 nitrogen and oxygen atoms in total. The van der Waals surface area contributed by atoms with Gasteiger partial charge in [-0.05, 0) is 24.6 Å². The number of carbonyl (C=O) groups excluding carboxylic acids is 3. The van der Waals surface area contributed by atoms with E-state index in [9.17, 15) is 14.4 Å². The highest BCUT2D eigenvalue weighted by molar-refractivity contribution is 6.28. The van der Waals surface area contributed by atoms with Gasteiger partial charge >= 0.3 is 6.03 Å². The number of barbiturate groups is 1. The van der Waals surface area contributed by atoms with Crippen molar-refractivity contribution < 1.29 is 14.4 Å². The Labute approximate surface area is 135 Å². The van der Waals surface area contributed by atoms with Crippen molar-refractivity contribution in [1.82, 2.24) is 10.2 Å². The number of imide groups is 2. The van der Waals surface area contributed by atoms with Gasteiger partial charge in [0, 0.05) is 26.3 Å². The highest BCUT2D eigenvalue weighted by atomic mass is 16.2. The zero-order valence-corrected chi connectivity index (χ0v) is 13.4. The summed E-state index contributed by atoms with van der Waals surface area (Å²) in [6.07, 6.45) is 4.88. The fourth-order valence-corrected chi connectivity index (χ4v) is 2.28. The fraction of sp³-hybridized carbons (Fsp3) is 0.235. The Balaban J connectivity index is 2.27. The minimum absolute atomic E-state index is 0.0509. The zero-order valence-electron chi connectivity index (χ0n) is 13.4. The number of amides is 4. The van der Waals surface area contributed by atoms with E-state index in [4.69, 9.17) is 0 Å². The summed E-state index contributed by atoms with van der Waals surface area (Å²) in [6, 6.07) is 7.09. The van der Waals surface area contributed by atoms with Crippen LogP contribution in [-0.2, 0) is 9.59 Å². The van der Waals surface area contributed by atoms with E-state index in [1.807, 2.05) is 49.3 Å². The first-order valence-corrected chi connectivity index (χ1v) is 7.27. The standard InChI is InChI=1S/C17H19N3O3/c1-4-20-16(22)13(15(21)18-17(20)23)10-7-9-12-8-5-6-11-14(12)19(2)3/h5-11H,4H2,1-3H3,(H,18,21,23). The van der Waals surface area contributed by atoms with Crippen LogP contribution in [0.1, 0.15) is 12.5 Å². The Bertz CT molecular complexity index is 705. The van der Waals surface area contributed by atoms with Crippen molar-refractivity contribution in [3.05, 3.63) is 47.6 Å². The molecule has 0 aliphatic carbocycles. The minimum atomic E-state index is -0.679. The van der Waals surface area contributed by atoms with Crippen LogP contribution in [0.5, 0.6) is 0 Å². The largest absolute Gasteiger partial charge is 0.377 e. The van der Waals surface area contributed by atoms with Crippen molar-refractivity contribution >= 4 is 29.6 Å². The van der Waals surface area contributed by atoms with Crippen molar-refractivity contribution in [2.75, 3.05) is 25.5 Å². The molecule has 1 N–H and O–H groups in total. The van der Waals surface area contributed by atoms with E-state index in [1.54, 1.807) is 13.0 Å². The van der Waals surface area contributed by atoms with Crippen LogP contribution >= 0.6 is 0 Å². The third kappa shape index (κ3) is 3.48. The van der Waals surface area contributed by atoms with Gasteiger partial charge in [0.05, 0.1) is 0 Å². The maximum absolute atomic E-state index is 12.1. The van der Waals surface area contributed by atoms with Gasteiger partial charge in [0.2, 0.25) is 0 Å². The second-order valence-electron chi connectivity index (χ2n) is 5.20. The number of rotatable bonds is 4. The lowest BCUT2D eigenvalue weighted by atomic mass is 10.1. The Kier molecular flexibility index (Phi) is 4.95. The number of nitrogens with zero attached hydrogens (tertiary/aromatic N) is 2. The Morgan fingerprint density at radius 3 is 2.52 bits per heavy atom. The number of para-hydroxylation sites is 1. The lowest BCUT2D eigenvalue weighted by Crippen LogP contribution is -2.53. The highest BCUT2D eigenvalue weighted by Gasteiger charge is 2.34. The van der Waals surface area contributed by atoms with Gasteiger partial charge in [0.15, 0.2) is 0 Å². The van der Waals surface area contributed by atoms with E-state index < -0.39 is 17.8 Å². The zero-order chi connectivity index (χ0) is 17.0. The molecular weight excluding hydrogens is 294 g/mol. The number of likely N-dealkylation sites (N-methyl/N-ethyl adjacent to an activating group) is 1. The first-order valence-electron chi connectivity index (χ1n) is 7.27. The molecule has 0 saturated carbocycles. The minimum Gasteiger partial charge on any atom is -0.377 e. The van der Waals surface area contributed by atoms with E-state index in [1.165, 1.54) is 6.08 Å². The number of hydrogen-bond acceptors (Lipinski definition) is 4. The van der Waals surface area contributed by atoms with Crippen LogP contribution < -0.4 is 10.2 Å². The van der Waals surface area contributed by atoms with Gasteiger partial charge in [-0.3, -0.25) is 19.8 Å². The molecule has 1 aromatic carbocycles. The summed E-state index contributed by atoms with van der Waals surface area (Å²) in [5, 5.41) is 2.16. The second kappa shape index (κ2) is 6.91. The van der Waals surface area contributed by atoms with E-state index in [0.717, 1.165) is 16.2 Å². The summed E-state index contributed by atoms with van der Waals surface area (Å²) in [6.45, 7) is 1.89. The third-order valence-corrected chi connectivity index (χ3v) is 3.46. The summed E-state index contributed by atoms with van der Waals surface area (Å²) >= 11 is 0. The SMILES string of the molecule is CCN1C(=O)NC(=O)C(=CC=Cc2ccccc2N(C)C)C1=O. The number of urea groups is 1. The number of carbonyl (C=O) groups is 3. The predicted molar refractivity (Wildman–Crippen MR) is 88.8 cm³/mol. The van der Waals surface area contributed by atoms with E-state index >= 15 is 0 Å². The Morgan fingerprint density at radius 1 is 1.17 bits per heavy atom. The average Bonchev–Trinajstić information content (AvgIpc) is 2.51. The second-order valence-corrected chi connectivity index (χ2v) is 5.20. The highest BCUT2D eigenvalue weighted by Crippen LogP contribution is 2.19. The van der Waals surface area contributed by atoms with Crippen LogP contribution in [0.15, 0.2) is 42.0 Å². The van der Waals surface area contributed by atoms with Crippen molar-refractivity contribution in [3.8, 4) is 0 Å². The van der Waals surface area contributed by atoms with E-state index in [-0.39, 0.29) is 12.1 Å². The predicted octanol–water partition coefficient (Wildman–Crippen LogP) is 1.79. The lowest BCUT2D eigenvalue weighted by Gasteiger charge is -2.24. The van der Waals surface area contributed by atoms with Crippen LogP contribution in [0.3, 0.4) is 0 Å². The van der Waals surface area contributed by atoms with E-state index in [2.05, 4.69) is 5.32 Å². The Hall–Kier alpha value is -2.89. The molecule has 1 saturated heterocycles. The molecule has 0 aromatic heterocycles. The van der Waals surface area contributed by atoms with Crippen molar-refractivity contribution in [1.29, 1.82) is 0 Å². The molecule has 0 atom stereocenters. The molecule has 120 valence electrons. The smallest absolute Gasteiger partial charge is 0.331 e. The summed E-state index contributed by atoms with van der Waals surface area (Å²) in [7, 11) is 3.88. The lowest BCUT2D eigenvalue weighted by molar-refractivity contribution is -0.130. The van der Waals surface area contributed by atoms with Crippen molar-refractivity contribution in [2.24, 2.45) is 0 Å². The van der Waals surface area contributed by atoms with Crippen LogP contribution in [0.25, 0.3) is 6.08 Å². The van der Waals surface area contributed by atoms with Crippen LogP contribution in [-0.4, -0.2) is 43.4 Å². The van der Waals surface area contributed by atoms with Gasteiger partial charge < -0.3 is 4.90 Å². The number of anilines is 1. The van der Waals surface area contributed by atoms with Gasteiger partial charge in [-0.25, -0.2) is 4.79 Å². The molecule has 6 heteroatoms. The van der Waals surface area contributed by atoms with Crippen LogP contribution in [0, 0.1) is 0 Å². The molecule has 0 spiro atoms. The number of hydrogen-bond donors (Lipinski definition) is 1. The molecule has 0 radical (unpaired) electrons. The van der Waals surface area contributed by atoms with Gasteiger partial charge in [-0.1, -0.05) is 30.4 Å². The molecule has 0 bridgehead atoms. The summed E-state index contributed by atoms with van der Waals surface area (Å²) in [5.41, 5.74) is 1.93. The van der Waals surface area contributed by atoms with Crippen LogP contribution in [0.2, 0.25) is 0 Å². The van der Waals surface area contributed by atoms with Crippen molar-refractivity contribution in [2.45, 2.75) is 6.92 Å². The van der Waals surface area contributed by atoms with Gasteiger partial charge in [-0.15, -0.1) is 0 Å². The molecule has 2 rings (SSSR count). The maximum atomic E-state index is 12.1. The van der Waals surface area contributed by atoms with E-state index in [0.29, 0.717) is 0 Å². The van der Waals surface area contributed by atoms with Gasteiger partial charge in [-0.2, -0.15) is 0 Å². The molecule has 1 aromatic rings. The molecule has 1 aliphatic rings. The number of nitrogens with one attached hydrogen (secondary N) is 1. The summed E-state index contributed by atoms with van der Waals surface area (Å²) < 4.78 is 0. The third-order valence-electron chi connectivity index (χ3n) is 3.46. The Morgan fingerprint density at radius 2 is 1.87 bits per heavy atom. The summed E-state index contributed by atoms with van der Waals surface area (Å²) in [4.78, 5) is 38.4. The normalized spacial score (nSPS) is 17.1. The topological polar surface area (TPSA) is 69.7 Å². The molecule has 23 heavy (non-hydrogen) atoms. The first kappa shape index (κ1) is 16.5. The quantitative estimate of drug-likeness (QED) is 0.679. The molecular formula is C17H19N3O3. The summed E-state index contributed by atoms with van der Waals surface area (Å²) in [5.74, 6) is -1.25. The van der Waals surface area contributed by atoms with Crippen LogP contribution in [0.4, 0.5) is 10.5 Å². The monoisotopic (exact) mass is 313 g/mol. The first-order chi connectivity index (χ1) is 11.0. The van der Waals surface area contributed by atoms with Gasteiger partial charge in [0.1, 0.15) is 5.57 Å². The fourth-order valence-electron chi connectivity index (χ4n) is 2.28. The average molecular weight is 313 g/mol. The van der Waals surface area contributed by atoms with Gasteiger partial charge in [0.25, 0.3) is 11.8 Å². The molecule has 1 fully saturated rings. The molecule has 1 heterocycles. The number of benzene rings is 1. The molecule has 0 unspecified atom stereocenters. The maximum Gasteiger partial charge on any atom is 0.331 e.